The molecule has 1 unspecified atom stereocenters. The average molecular weight is 407 g/mol. The van der Waals surface area contributed by atoms with E-state index in [1.807, 2.05) is 66.4 Å². The first-order valence-electron chi connectivity index (χ1n) is 10.3. The van der Waals surface area contributed by atoms with Crippen molar-refractivity contribution in [2.45, 2.75) is 32.3 Å². The van der Waals surface area contributed by atoms with Crippen LogP contribution in [0.15, 0.2) is 59.1 Å². The minimum Gasteiger partial charge on any atom is -0.494 e. The standard InChI is InChI=1S/C23H25N3O4/c1-2-28-20-12-10-17(11-13-20)23(27)26-14-6-7-18(15-26)22-24-21(30-25-22)16-29-19-8-4-3-5-9-19/h3-5,8-13,18H,2,6-7,14-16H2,1H3. The summed E-state index contributed by atoms with van der Waals surface area (Å²) in [5.74, 6) is 2.65. The van der Waals surface area contributed by atoms with Crippen LogP contribution < -0.4 is 9.47 Å². The Labute approximate surface area is 175 Å². The lowest BCUT2D eigenvalue weighted by Crippen LogP contribution is -2.39. The van der Waals surface area contributed by atoms with E-state index >= 15 is 0 Å². The van der Waals surface area contributed by atoms with Crippen LogP contribution in [0.5, 0.6) is 11.5 Å². The van der Waals surface area contributed by atoms with Crippen LogP contribution in [-0.4, -0.2) is 40.6 Å². The maximum absolute atomic E-state index is 12.9. The fourth-order valence-electron chi connectivity index (χ4n) is 3.57. The second-order valence-corrected chi connectivity index (χ2v) is 7.20. The minimum atomic E-state index is 0.0128. The monoisotopic (exact) mass is 407 g/mol. The number of ether oxygens (including phenoxy) is 2. The number of aromatic nitrogens is 2. The van der Waals surface area contributed by atoms with Crippen LogP contribution in [0, 0.1) is 0 Å². The highest BCUT2D eigenvalue weighted by Crippen LogP contribution is 2.26. The van der Waals surface area contributed by atoms with Gasteiger partial charge in [-0.2, -0.15) is 4.98 Å². The molecule has 1 aromatic heterocycles. The Morgan fingerprint density at radius 1 is 1.10 bits per heavy atom. The molecule has 0 spiro atoms. The molecule has 156 valence electrons. The molecule has 3 aromatic rings. The first-order valence-corrected chi connectivity index (χ1v) is 10.3. The number of para-hydroxylation sites is 1. The third kappa shape index (κ3) is 4.79. The van der Waals surface area contributed by atoms with Crippen molar-refractivity contribution in [2.24, 2.45) is 0 Å². The Morgan fingerprint density at radius 3 is 2.63 bits per heavy atom. The van der Waals surface area contributed by atoms with Crippen LogP contribution in [0.1, 0.15) is 47.8 Å². The molecule has 1 saturated heterocycles. The number of carbonyl (C=O) groups excluding carboxylic acids is 1. The van der Waals surface area contributed by atoms with Crippen molar-refractivity contribution in [1.29, 1.82) is 0 Å². The Kier molecular flexibility index (Phi) is 6.27. The summed E-state index contributed by atoms with van der Waals surface area (Å²) in [7, 11) is 0. The summed E-state index contributed by atoms with van der Waals surface area (Å²) < 4.78 is 16.5. The number of carbonyl (C=O) groups is 1. The van der Waals surface area contributed by atoms with Gasteiger partial charge in [0.15, 0.2) is 12.4 Å². The van der Waals surface area contributed by atoms with Crippen LogP contribution >= 0.6 is 0 Å². The predicted octanol–water partition coefficient (Wildman–Crippen LogP) is 4.07. The lowest BCUT2D eigenvalue weighted by molar-refractivity contribution is 0.0703. The summed E-state index contributed by atoms with van der Waals surface area (Å²) in [5.41, 5.74) is 0.657. The normalized spacial score (nSPS) is 16.3. The van der Waals surface area contributed by atoms with Gasteiger partial charge in [-0.05, 0) is 56.2 Å². The Morgan fingerprint density at radius 2 is 1.87 bits per heavy atom. The summed E-state index contributed by atoms with van der Waals surface area (Å²) in [6, 6.07) is 16.8. The summed E-state index contributed by atoms with van der Waals surface area (Å²) >= 11 is 0. The van der Waals surface area contributed by atoms with Gasteiger partial charge < -0.3 is 18.9 Å². The molecule has 1 atom stereocenters. The highest BCUT2D eigenvalue weighted by Gasteiger charge is 2.28. The fraction of sp³-hybridized carbons (Fsp3) is 0.348. The molecule has 1 amide bonds. The first kappa shape index (κ1) is 19.9. The molecule has 2 aromatic carbocycles. The van der Waals surface area contributed by atoms with Crippen molar-refractivity contribution in [3.05, 3.63) is 71.9 Å². The van der Waals surface area contributed by atoms with E-state index < -0.39 is 0 Å². The van der Waals surface area contributed by atoms with Gasteiger partial charge in [0.2, 0.25) is 0 Å². The van der Waals surface area contributed by atoms with E-state index in [2.05, 4.69) is 10.1 Å². The number of rotatable bonds is 7. The molecule has 1 aliphatic rings. The number of hydrogen-bond donors (Lipinski definition) is 0. The molecular formula is C23H25N3O4. The van der Waals surface area contributed by atoms with Gasteiger partial charge in [0.05, 0.1) is 6.61 Å². The molecule has 0 saturated carbocycles. The quantitative estimate of drug-likeness (QED) is 0.588. The number of nitrogens with zero attached hydrogens (tertiary/aromatic N) is 3. The fourth-order valence-corrected chi connectivity index (χ4v) is 3.57. The van der Waals surface area contributed by atoms with E-state index in [0.29, 0.717) is 30.4 Å². The van der Waals surface area contributed by atoms with Gasteiger partial charge in [-0.3, -0.25) is 4.79 Å². The van der Waals surface area contributed by atoms with Crippen LogP contribution in [0.2, 0.25) is 0 Å². The highest BCUT2D eigenvalue weighted by molar-refractivity contribution is 5.94. The molecule has 30 heavy (non-hydrogen) atoms. The maximum Gasteiger partial charge on any atom is 0.264 e. The van der Waals surface area contributed by atoms with Crippen molar-refractivity contribution in [1.82, 2.24) is 15.0 Å². The molecular weight excluding hydrogens is 382 g/mol. The molecule has 2 heterocycles. The third-order valence-corrected chi connectivity index (χ3v) is 5.08. The van der Waals surface area contributed by atoms with Crippen LogP contribution in [0.4, 0.5) is 0 Å². The van der Waals surface area contributed by atoms with Gasteiger partial charge in [0, 0.05) is 24.6 Å². The summed E-state index contributed by atoms with van der Waals surface area (Å²) in [4.78, 5) is 19.3. The first-order chi connectivity index (χ1) is 14.7. The van der Waals surface area contributed by atoms with Crippen molar-refractivity contribution in [3.8, 4) is 11.5 Å². The molecule has 0 aliphatic carbocycles. The predicted molar refractivity (Wildman–Crippen MR) is 111 cm³/mol. The Hall–Kier alpha value is -3.35. The molecule has 4 rings (SSSR count). The van der Waals surface area contributed by atoms with Crippen molar-refractivity contribution < 1.29 is 18.8 Å². The largest absolute Gasteiger partial charge is 0.494 e. The lowest BCUT2D eigenvalue weighted by atomic mass is 9.96. The van der Waals surface area contributed by atoms with E-state index in [1.165, 1.54) is 0 Å². The number of benzene rings is 2. The number of piperidine rings is 1. The minimum absolute atomic E-state index is 0.0128. The van der Waals surface area contributed by atoms with Gasteiger partial charge in [-0.1, -0.05) is 23.4 Å². The van der Waals surface area contributed by atoms with Crippen LogP contribution in [0.25, 0.3) is 0 Å². The topological polar surface area (TPSA) is 77.7 Å². The number of likely N-dealkylation sites (tertiary alicyclic amines) is 1. The molecule has 7 heteroatoms. The molecule has 0 N–H and O–H groups in total. The van der Waals surface area contributed by atoms with E-state index in [1.54, 1.807) is 0 Å². The van der Waals surface area contributed by atoms with Crippen molar-refractivity contribution >= 4 is 5.91 Å². The van der Waals surface area contributed by atoms with Gasteiger partial charge in [-0.15, -0.1) is 0 Å². The Balaban J connectivity index is 1.36. The van der Waals surface area contributed by atoms with Gasteiger partial charge >= 0.3 is 0 Å². The average Bonchev–Trinajstić information content (AvgIpc) is 3.28. The second-order valence-electron chi connectivity index (χ2n) is 7.20. The van der Waals surface area contributed by atoms with E-state index in [9.17, 15) is 4.79 Å². The molecule has 0 radical (unpaired) electrons. The van der Waals surface area contributed by atoms with Crippen LogP contribution in [0.3, 0.4) is 0 Å². The van der Waals surface area contributed by atoms with E-state index in [-0.39, 0.29) is 18.4 Å². The Bertz CT molecular complexity index is 956. The third-order valence-electron chi connectivity index (χ3n) is 5.08. The van der Waals surface area contributed by atoms with Crippen LogP contribution in [-0.2, 0) is 6.61 Å². The molecule has 1 aliphatic heterocycles. The zero-order chi connectivity index (χ0) is 20.8. The lowest BCUT2D eigenvalue weighted by Gasteiger charge is -2.31. The molecule has 7 nitrogen and oxygen atoms in total. The van der Waals surface area contributed by atoms with Crippen molar-refractivity contribution in [2.75, 3.05) is 19.7 Å². The van der Waals surface area contributed by atoms with Gasteiger partial charge in [0.25, 0.3) is 11.8 Å². The summed E-state index contributed by atoms with van der Waals surface area (Å²) in [5, 5.41) is 4.13. The number of amides is 1. The van der Waals surface area contributed by atoms with Gasteiger partial charge in [0.1, 0.15) is 11.5 Å². The number of hydrogen-bond acceptors (Lipinski definition) is 6. The zero-order valence-corrected chi connectivity index (χ0v) is 17.0. The van der Waals surface area contributed by atoms with E-state index in [4.69, 9.17) is 14.0 Å². The van der Waals surface area contributed by atoms with Crippen molar-refractivity contribution in [3.63, 3.8) is 0 Å². The highest BCUT2D eigenvalue weighted by atomic mass is 16.5. The van der Waals surface area contributed by atoms with E-state index in [0.717, 1.165) is 30.9 Å². The SMILES string of the molecule is CCOc1ccc(C(=O)N2CCCC(c3noc(COc4ccccc4)n3)C2)cc1. The van der Waals surface area contributed by atoms with Gasteiger partial charge in [-0.25, -0.2) is 0 Å². The molecule has 0 bridgehead atoms. The second kappa shape index (κ2) is 9.43. The zero-order valence-electron chi connectivity index (χ0n) is 17.0. The summed E-state index contributed by atoms with van der Waals surface area (Å²) in [6.07, 6.45) is 1.82. The summed E-state index contributed by atoms with van der Waals surface area (Å²) in [6.45, 7) is 4.06. The molecule has 1 fully saturated rings. The maximum atomic E-state index is 12.9. The smallest absolute Gasteiger partial charge is 0.264 e.